The van der Waals surface area contributed by atoms with E-state index in [-0.39, 0.29) is 30.4 Å². The molecule has 1 N–H and O–H groups in total. The van der Waals surface area contributed by atoms with Gasteiger partial charge in [-0.1, -0.05) is 0 Å². The summed E-state index contributed by atoms with van der Waals surface area (Å²) in [6.45, 7) is 10.5. The molecule has 5 heteroatoms. The Balaban J connectivity index is 1.75. The summed E-state index contributed by atoms with van der Waals surface area (Å²) in [6.07, 6.45) is 0.157. The first-order valence-electron chi connectivity index (χ1n) is 6.71. The summed E-state index contributed by atoms with van der Waals surface area (Å²) in [5, 5.41) is 3.52. The van der Waals surface area contributed by atoms with Gasteiger partial charge in [0.2, 0.25) is 0 Å². The molecule has 0 amide bonds. The fraction of sp³-hybridized carbons (Fsp3) is 1.00. The van der Waals surface area contributed by atoms with Crippen LogP contribution in [0.5, 0.6) is 0 Å². The molecule has 5 nitrogen and oxygen atoms in total. The quantitative estimate of drug-likeness (QED) is 0.760. The normalized spacial score (nSPS) is 49.5. The second kappa shape index (κ2) is 3.90. The fourth-order valence-corrected chi connectivity index (χ4v) is 3.19. The maximum Gasteiger partial charge on any atom is 0.163 e. The molecule has 0 aromatic heterocycles. The molecule has 3 aliphatic rings. The molecule has 0 radical (unpaired) electrons. The number of nitrogens with one attached hydrogen (secondary N) is 1. The number of hydrogen-bond donors (Lipinski definition) is 1. The molecule has 5 atom stereocenters. The Morgan fingerprint density at radius 2 is 1.61 bits per heavy atom. The van der Waals surface area contributed by atoms with E-state index in [9.17, 15) is 0 Å². The molecule has 0 bridgehead atoms. The van der Waals surface area contributed by atoms with Crippen LogP contribution in [0, 0.1) is 0 Å². The Labute approximate surface area is 108 Å². The monoisotopic (exact) mass is 257 g/mol. The van der Waals surface area contributed by atoms with Crippen LogP contribution in [-0.4, -0.2) is 48.6 Å². The smallest absolute Gasteiger partial charge is 0.163 e. The number of hydrogen-bond acceptors (Lipinski definition) is 5. The van der Waals surface area contributed by atoms with Crippen LogP contribution in [0.4, 0.5) is 0 Å². The van der Waals surface area contributed by atoms with Crippen molar-refractivity contribution in [3.8, 4) is 0 Å². The highest BCUT2D eigenvalue weighted by Crippen LogP contribution is 2.38. The van der Waals surface area contributed by atoms with Crippen molar-refractivity contribution in [3.05, 3.63) is 0 Å². The van der Waals surface area contributed by atoms with E-state index >= 15 is 0 Å². The lowest BCUT2D eigenvalue weighted by atomic mass is 10.0. The third-order valence-electron chi connectivity index (χ3n) is 3.90. The van der Waals surface area contributed by atoms with Gasteiger partial charge in [-0.3, -0.25) is 0 Å². The molecule has 0 spiro atoms. The zero-order valence-corrected chi connectivity index (χ0v) is 11.7. The van der Waals surface area contributed by atoms with E-state index in [0.29, 0.717) is 6.61 Å². The van der Waals surface area contributed by atoms with Crippen molar-refractivity contribution in [3.63, 3.8) is 0 Å². The van der Waals surface area contributed by atoms with E-state index in [4.69, 9.17) is 18.9 Å². The first-order chi connectivity index (χ1) is 8.27. The Kier molecular flexibility index (Phi) is 2.78. The van der Waals surface area contributed by atoms with Crippen molar-refractivity contribution < 1.29 is 18.9 Å². The van der Waals surface area contributed by atoms with Crippen LogP contribution in [0.1, 0.15) is 34.6 Å². The van der Waals surface area contributed by atoms with Gasteiger partial charge in [-0.2, -0.15) is 0 Å². The molecule has 104 valence electrons. The summed E-state index contributed by atoms with van der Waals surface area (Å²) in [5.74, 6) is -0.998. The largest absolute Gasteiger partial charge is 0.348 e. The average Bonchev–Trinajstić information content (AvgIpc) is 2.81. The van der Waals surface area contributed by atoms with Crippen molar-refractivity contribution in [2.45, 2.75) is 76.6 Å². The lowest BCUT2D eigenvalue weighted by Crippen LogP contribution is -2.46. The molecule has 3 fully saturated rings. The second-order valence-electron chi connectivity index (χ2n) is 6.41. The SMILES string of the molecule is C[C@@H]1N[C@@H]([C@H]2COC(C)(C)O2)[C@@H]2OC(C)(C)O[C@@H]21. The molecule has 0 aliphatic carbocycles. The molecule has 3 aliphatic heterocycles. The number of ether oxygens (including phenoxy) is 4. The van der Waals surface area contributed by atoms with E-state index < -0.39 is 11.6 Å². The van der Waals surface area contributed by atoms with Crippen molar-refractivity contribution in [1.29, 1.82) is 0 Å². The molecule has 0 aromatic rings. The summed E-state index contributed by atoms with van der Waals surface area (Å²) in [7, 11) is 0. The first-order valence-corrected chi connectivity index (χ1v) is 6.71. The molecule has 0 saturated carbocycles. The Hall–Kier alpha value is -0.200. The Bertz CT molecular complexity index is 344. The highest BCUT2D eigenvalue weighted by molar-refractivity contribution is 5.06. The van der Waals surface area contributed by atoms with Crippen LogP contribution in [0.25, 0.3) is 0 Å². The van der Waals surface area contributed by atoms with Gasteiger partial charge in [-0.15, -0.1) is 0 Å². The maximum atomic E-state index is 6.02. The molecule has 3 rings (SSSR count). The van der Waals surface area contributed by atoms with Crippen molar-refractivity contribution in [2.24, 2.45) is 0 Å². The minimum Gasteiger partial charge on any atom is -0.348 e. The van der Waals surface area contributed by atoms with Crippen molar-refractivity contribution in [2.75, 3.05) is 6.61 Å². The van der Waals surface area contributed by atoms with Gasteiger partial charge in [0.15, 0.2) is 11.6 Å². The number of rotatable bonds is 1. The summed E-state index contributed by atoms with van der Waals surface area (Å²) in [6, 6.07) is 0.405. The molecular weight excluding hydrogens is 234 g/mol. The molecular formula is C13H23NO4. The molecule has 0 unspecified atom stereocenters. The molecule has 18 heavy (non-hydrogen) atoms. The van der Waals surface area contributed by atoms with Crippen molar-refractivity contribution >= 4 is 0 Å². The molecule has 0 aromatic carbocycles. The number of fused-ring (bicyclic) bond motifs is 1. The van der Waals surface area contributed by atoms with E-state index in [1.165, 1.54) is 0 Å². The van der Waals surface area contributed by atoms with Crippen LogP contribution < -0.4 is 5.32 Å². The van der Waals surface area contributed by atoms with Crippen LogP contribution >= 0.6 is 0 Å². The van der Waals surface area contributed by atoms with Gasteiger partial charge in [0.25, 0.3) is 0 Å². The van der Waals surface area contributed by atoms with E-state index in [1.807, 2.05) is 27.7 Å². The molecule has 3 saturated heterocycles. The maximum absolute atomic E-state index is 6.02. The second-order valence-corrected chi connectivity index (χ2v) is 6.41. The van der Waals surface area contributed by atoms with Gasteiger partial charge in [0, 0.05) is 6.04 Å². The van der Waals surface area contributed by atoms with Gasteiger partial charge in [-0.05, 0) is 34.6 Å². The standard InChI is InChI=1S/C13H23NO4/c1-7-10-11(18-13(4,5)17-10)9(14-7)8-6-15-12(2,3)16-8/h7-11,14H,6H2,1-5H3/t7-,8+,9-,10+,11-/m0/s1. The molecule has 3 heterocycles. The summed E-state index contributed by atoms with van der Waals surface area (Å²) >= 11 is 0. The van der Waals surface area contributed by atoms with Crippen molar-refractivity contribution in [1.82, 2.24) is 5.32 Å². The average molecular weight is 257 g/mol. The van der Waals surface area contributed by atoms with Crippen LogP contribution in [0.2, 0.25) is 0 Å². The van der Waals surface area contributed by atoms with Crippen LogP contribution in [0.3, 0.4) is 0 Å². The minimum absolute atomic E-state index is 0.0231. The van der Waals surface area contributed by atoms with Gasteiger partial charge in [0.1, 0.15) is 18.3 Å². The minimum atomic E-state index is -0.501. The zero-order valence-electron chi connectivity index (χ0n) is 11.7. The van der Waals surface area contributed by atoms with Gasteiger partial charge >= 0.3 is 0 Å². The van der Waals surface area contributed by atoms with Gasteiger partial charge in [-0.25, -0.2) is 0 Å². The zero-order chi connectivity index (χ0) is 13.1. The Morgan fingerprint density at radius 1 is 0.944 bits per heavy atom. The lowest BCUT2D eigenvalue weighted by molar-refractivity contribution is -0.167. The predicted molar refractivity (Wildman–Crippen MR) is 65.1 cm³/mol. The summed E-state index contributed by atoms with van der Waals surface area (Å²) < 4.78 is 23.5. The third-order valence-corrected chi connectivity index (χ3v) is 3.90. The highest BCUT2D eigenvalue weighted by atomic mass is 16.8. The fourth-order valence-electron chi connectivity index (χ4n) is 3.19. The van der Waals surface area contributed by atoms with E-state index in [2.05, 4.69) is 12.2 Å². The van der Waals surface area contributed by atoms with Gasteiger partial charge in [0.05, 0.1) is 12.6 Å². The summed E-state index contributed by atoms with van der Waals surface area (Å²) in [5.41, 5.74) is 0. The third kappa shape index (κ3) is 2.08. The van der Waals surface area contributed by atoms with Gasteiger partial charge < -0.3 is 24.3 Å². The summed E-state index contributed by atoms with van der Waals surface area (Å²) in [4.78, 5) is 0. The van der Waals surface area contributed by atoms with Crippen LogP contribution in [0.15, 0.2) is 0 Å². The lowest BCUT2D eigenvalue weighted by Gasteiger charge is -2.27. The predicted octanol–water partition coefficient (Wildman–Crippen LogP) is 1.02. The van der Waals surface area contributed by atoms with E-state index in [1.54, 1.807) is 0 Å². The first kappa shape index (κ1) is 12.8. The van der Waals surface area contributed by atoms with E-state index in [0.717, 1.165) is 0 Å². The van der Waals surface area contributed by atoms with Crippen LogP contribution in [-0.2, 0) is 18.9 Å². The topological polar surface area (TPSA) is 49.0 Å². The highest BCUT2D eigenvalue weighted by Gasteiger charge is 2.56. The Morgan fingerprint density at radius 3 is 2.22 bits per heavy atom.